The third-order valence-electron chi connectivity index (χ3n) is 5.66. The lowest BCUT2D eigenvalue weighted by atomic mass is 10.1. The van der Waals surface area contributed by atoms with E-state index in [-0.39, 0.29) is 22.0 Å². The Labute approximate surface area is 237 Å². The Kier molecular flexibility index (Phi) is 8.81. The normalized spacial score (nSPS) is 11.1. The van der Waals surface area contributed by atoms with Gasteiger partial charge in [-0.15, -0.1) is 0 Å². The molecule has 0 aromatic heterocycles. The van der Waals surface area contributed by atoms with E-state index in [1.807, 2.05) is 55.5 Å². The second-order valence-electron chi connectivity index (χ2n) is 8.24. The molecular formula is C29H21BrClN3O5. The lowest BCUT2D eigenvalue weighted by Gasteiger charge is -2.16. The van der Waals surface area contributed by atoms with Crippen LogP contribution in [0.1, 0.15) is 18.1 Å². The largest absolute Gasteiger partial charge is 0.490 e. The molecule has 196 valence electrons. The second kappa shape index (κ2) is 12.4. The Balaban J connectivity index is 1.59. The molecule has 0 heterocycles. The Morgan fingerprint density at radius 1 is 1.13 bits per heavy atom. The zero-order chi connectivity index (χ0) is 27.9. The van der Waals surface area contributed by atoms with Crippen LogP contribution < -0.4 is 14.8 Å². The minimum Gasteiger partial charge on any atom is -0.490 e. The van der Waals surface area contributed by atoms with Gasteiger partial charge in [0.2, 0.25) is 0 Å². The number of ether oxygens (including phenoxy) is 2. The van der Waals surface area contributed by atoms with Crippen LogP contribution in [0.15, 0.2) is 82.8 Å². The van der Waals surface area contributed by atoms with Crippen molar-refractivity contribution >= 4 is 61.7 Å². The van der Waals surface area contributed by atoms with Gasteiger partial charge in [-0.25, -0.2) is 0 Å². The number of nitro groups is 1. The zero-order valence-corrected chi connectivity index (χ0v) is 23.0. The number of hydrogen-bond acceptors (Lipinski definition) is 6. The first-order chi connectivity index (χ1) is 18.8. The summed E-state index contributed by atoms with van der Waals surface area (Å²) in [6.07, 6.45) is 1.39. The highest BCUT2D eigenvalue weighted by Crippen LogP contribution is 2.38. The van der Waals surface area contributed by atoms with E-state index in [9.17, 15) is 20.2 Å². The molecule has 4 aromatic carbocycles. The lowest BCUT2D eigenvalue weighted by Crippen LogP contribution is -2.13. The maximum atomic E-state index is 12.8. The first kappa shape index (κ1) is 27.6. The van der Waals surface area contributed by atoms with Crippen LogP contribution in [0.25, 0.3) is 16.8 Å². The van der Waals surface area contributed by atoms with Gasteiger partial charge < -0.3 is 14.8 Å². The molecule has 1 N–H and O–H groups in total. The number of benzene rings is 4. The number of nitrogens with zero attached hydrogens (tertiary/aromatic N) is 2. The lowest BCUT2D eigenvalue weighted by molar-refractivity contribution is -0.384. The summed E-state index contributed by atoms with van der Waals surface area (Å²) in [6, 6.07) is 23.1. The number of carbonyl (C=O) groups excluding carboxylic acids is 1. The number of nitriles is 1. The molecule has 4 rings (SSSR count). The van der Waals surface area contributed by atoms with Crippen LogP contribution in [0.5, 0.6) is 11.5 Å². The Bertz CT molecular complexity index is 1640. The highest BCUT2D eigenvalue weighted by Gasteiger charge is 2.17. The number of hydrogen-bond donors (Lipinski definition) is 1. The average molecular weight is 607 g/mol. The Morgan fingerprint density at radius 3 is 2.64 bits per heavy atom. The van der Waals surface area contributed by atoms with Crippen molar-refractivity contribution in [3.63, 3.8) is 0 Å². The number of nitrogens with one attached hydrogen (secondary N) is 1. The minimum atomic E-state index is -0.737. The first-order valence-electron chi connectivity index (χ1n) is 11.7. The van der Waals surface area contributed by atoms with Gasteiger partial charge in [0.15, 0.2) is 11.5 Å². The molecule has 0 saturated heterocycles. The van der Waals surface area contributed by atoms with Crippen LogP contribution in [-0.4, -0.2) is 17.4 Å². The topological polar surface area (TPSA) is 114 Å². The third-order valence-corrected chi connectivity index (χ3v) is 6.57. The van der Waals surface area contributed by atoms with E-state index < -0.39 is 10.8 Å². The summed E-state index contributed by atoms with van der Waals surface area (Å²) in [5, 5.41) is 25.4. The summed E-state index contributed by atoms with van der Waals surface area (Å²) in [4.78, 5) is 23.3. The van der Waals surface area contributed by atoms with Crippen molar-refractivity contribution in [2.75, 3.05) is 11.9 Å². The maximum Gasteiger partial charge on any atom is 0.289 e. The monoisotopic (exact) mass is 605 g/mol. The fourth-order valence-electron chi connectivity index (χ4n) is 3.89. The van der Waals surface area contributed by atoms with E-state index in [1.165, 1.54) is 18.2 Å². The van der Waals surface area contributed by atoms with E-state index in [1.54, 1.807) is 12.1 Å². The Hall–Kier alpha value is -4.39. The molecule has 0 bridgehead atoms. The van der Waals surface area contributed by atoms with Gasteiger partial charge in [0.25, 0.3) is 11.6 Å². The van der Waals surface area contributed by atoms with E-state index in [4.69, 9.17) is 21.1 Å². The predicted octanol–water partition coefficient (Wildman–Crippen LogP) is 7.69. The van der Waals surface area contributed by atoms with Crippen molar-refractivity contribution in [2.24, 2.45) is 0 Å². The predicted molar refractivity (Wildman–Crippen MR) is 154 cm³/mol. The summed E-state index contributed by atoms with van der Waals surface area (Å²) in [7, 11) is 0. The molecule has 8 nitrogen and oxygen atoms in total. The van der Waals surface area contributed by atoms with E-state index in [0.717, 1.165) is 22.4 Å². The number of nitro benzene ring substituents is 1. The van der Waals surface area contributed by atoms with E-state index in [2.05, 4.69) is 21.2 Å². The highest BCUT2D eigenvalue weighted by atomic mass is 79.9. The number of halogens is 2. The molecule has 39 heavy (non-hydrogen) atoms. The SMILES string of the molecule is CCOc1cc(/C=C(\C#N)C(=O)Nc2ccc(Cl)c([N+](=O)[O-])c2)cc(Br)c1OCc1cccc2ccccc12. The van der Waals surface area contributed by atoms with Gasteiger partial charge in [-0.2, -0.15) is 5.26 Å². The van der Waals surface area contributed by atoms with Gasteiger partial charge in [-0.05, 0) is 75.1 Å². The molecule has 0 aliphatic rings. The van der Waals surface area contributed by atoms with Gasteiger partial charge in [0, 0.05) is 11.8 Å². The van der Waals surface area contributed by atoms with Crippen molar-refractivity contribution in [1.82, 2.24) is 0 Å². The molecular weight excluding hydrogens is 586 g/mol. The minimum absolute atomic E-state index is 0.0647. The molecule has 0 radical (unpaired) electrons. The van der Waals surface area contributed by atoms with Crippen molar-refractivity contribution in [2.45, 2.75) is 13.5 Å². The van der Waals surface area contributed by atoms with Gasteiger partial charge >= 0.3 is 0 Å². The zero-order valence-electron chi connectivity index (χ0n) is 20.6. The molecule has 0 unspecified atom stereocenters. The van der Waals surface area contributed by atoms with E-state index in [0.29, 0.717) is 34.7 Å². The van der Waals surface area contributed by atoms with Crippen LogP contribution in [0, 0.1) is 21.4 Å². The molecule has 1 amide bonds. The van der Waals surface area contributed by atoms with Gasteiger partial charge in [-0.3, -0.25) is 14.9 Å². The Morgan fingerprint density at radius 2 is 1.90 bits per heavy atom. The van der Waals surface area contributed by atoms with Crippen molar-refractivity contribution in [3.05, 3.63) is 109 Å². The number of amides is 1. The van der Waals surface area contributed by atoms with Crippen molar-refractivity contribution < 1.29 is 19.2 Å². The molecule has 0 saturated carbocycles. The second-order valence-corrected chi connectivity index (χ2v) is 9.50. The van der Waals surface area contributed by atoms with Crippen LogP contribution in [0.4, 0.5) is 11.4 Å². The molecule has 4 aromatic rings. The quantitative estimate of drug-likeness (QED) is 0.0904. The number of rotatable bonds is 9. The number of anilines is 1. The van der Waals surface area contributed by atoms with Crippen LogP contribution in [-0.2, 0) is 11.4 Å². The summed E-state index contributed by atoms with van der Waals surface area (Å²) in [5.74, 6) is 0.183. The number of carbonyl (C=O) groups is 1. The summed E-state index contributed by atoms with van der Waals surface area (Å²) < 4.78 is 12.5. The molecule has 10 heteroatoms. The van der Waals surface area contributed by atoms with Gasteiger partial charge in [0.1, 0.15) is 23.3 Å². The average Bonchev–Trinajstić information content (AvgIpc) is 2.92. The van der Waals surface area contributed by atoms with Crippen LogP contribution in [0.2, 0.25) is 5.02 Å². The smallest absolute Gasteiger partial charge is 0.289 e. The maximum absolute atomic E-state index is 12.8. The molecule has 0 aliphatic carbocycles. The molecule has 0 aliphatic heterocycles. The first-order valence-corrected chi connectivity index (χ1v) is 12.9. The summed E-state index contributed by atoms with van der Waals surface area (Å²) >= 11 is 9.36. The standard InChI is InChI=1S/C29H21BrClN3O5/c1-2-38-27-14-18(12-21(16-32)29(35)33-22-10-11-25(31)26(15-22)34(36)37)13-24(30)28(27)39-17-20-8-5-7-19-6-3-4-9-23(19)20/h3-15H,2,17H2,1H3,(H,33,35)/b21-12+. The fraction of sp³-hybridized carbons (Fsp3) is 0.103. The highest BCUT2D eigenvalue weighted by molar-refractivity contribution is 9.10. The fourth-order valence-corrected chi connectivity index (χ4v) is 4.65. The van der Waals surface area contributed by atoms with Gasteiger partial charge in [0.05, 0.1) is 16.0 Å². The van der Waals surface area contributed by atoms with Gasteiger partial charge in [-0.1, -0.05) is 54.1 Å². The van der Waals surface area contributed by atoms with Crippen LogP contribution >= 0.6 is 27.5 Å². The molecule has 0 fully saturated rings. The third kappa shape index (κ3) is 6.55. The van der Waals surface area contributed by atoms with E-state index >= 15 is 0 Å². The van der Waals surface area contributed by atoms with Crippen LogP contribution in [0.3, 0.4) is 0 Å². The molecule has 0 atom stereocenters. The van der Waals surface area contributed by atoms with Crippen molar-refractivity contribution in [3.8, 4) is 17.6 Å². The molecule has 0 spiro atoms. The summed E-state index contributed by atoms with van der Waals surface area (Å²) in [5.41, 5.74) is 1.08. The summed E-state index contributed by atoms with van der Waals surface area (Å²) in [6.45, 7) is 2.50. The number of fused-ring (bicyclic) bond motifs is 1. The van der Waals surface area contributed by atoms with Crippen molar-refractivity contribution in [1.29, 1.82) is 5.26 Å².